The van der Waals surface area contributed by atoms with E-state index in [0.29, 0.717) is 42.6 Å². The summed E-state index contributed by atoms with van der Waals surface area (Å²) in [6, 6.07) is 3.18. The van der Waals surface area contributed by atoms with Gasteiger partial charge in [0.1, 0.15) is 11.8 Å². The van der Waals surface area contributed by atoms with Crippen molar-refractivity contribution in [3.05, 3.63) is 38.3 Å². The largest absolute Gasteiger partial charge is 0.479 e. The molecule has 0 saturated carbocycles. The number of ether oxygens (including phenoxy) is 1. The molecule has 0 atom stereocenters. The normalized spacial score (nSPS) is 11.0. The van der Waals surface area contributed by atoms with Gasteiger partial charge in [0.15, 0.2) is 10.4 Å². The third-order valence-corrected chi connectivity index (χ3v) is 4.17. The fraction of sp³-hybridized carbons (Fsp3) is 0.0833. The third-order valence-electron chi connectivity index (χ3n) is 2.86. The molecule has 0 amide bonds. The van der Waals surface area contributed by atoms with Gasteiger partial charge in [-0.2, -0.15) is 4.98 Å². The standard InChI is InChI=1S/C12H7Cl3N4OS/c1-20-11-9-10(16-4-17-11)19(12(21)18-9)8-3-6(14)5(13)2-7(8)15/h2-4H,1H3,(H,18,21). The molecule has 0 fully saturated rings. The van der Waals surface area contributed by atoms with E-state index in [4.69, 9.17) is 51.8 Å². The second kappa shape index (κ2) is 5.46. The van der Waals surface area contributed by atoms with Crippen LogP contribution in [0, 0.1) is 4.77 Å². The van der Waals surface area contributed by atoms with Crippen molar-refractivity contribution >= 4 is 58.2 Å². The Morgan fingerprint density at radius 3 is 2.57 bits per heavy atom. The van der Waals surface area contributed by atoms with Gasteiger partial charge in [-0.3, -0.25) is 4.57 Å². The molecule has 3 aromatic rings. The summed E-state index contributed by atoms with van der Waals surface area (Å²) in [4.78, 5) is 11.2. The van der Waals surface area contributed by atoms with Crippen molar-refractivity contribution in [1.82, 2.24) is 19.5 Å². The van der Waals surface area contributed by atoms with Crippen LogP contribution in [0.2, 0.25) is 15.1 Å². The average Bonchev–Trinajstić information content (AvgIpc) is 2.79. The summed E-state index contributed by atoms with van der Waals surface area (Å²) in [5.41, 5.74) is 1.68. The number of rotatable bonds is 2. The summed E-state index contributed by atoms with van der Waals surface area (Å²) in [5.74, 6) is 0.390. The molecule has 9 heteroatoms. The average molecular weight is 362 g/mol. The topological polar surface area (TPSA) is 55.7 Å². The molecule has 1 N–H and O–H groups in total. The number of aromatic amines is 1. The maximum absolute atomic E-state index is 6.24. The Kier molecular flexibility index (Phi) is 3.79. The predicted molar refractivity (Wildman–Crippen MR) is 85.6 cm³/mol. The first-order valence-corrected chi connectivity index (χ1v) is 7.21. The van der Waals surface area contributed by atoms with E-state index in [1.54, 1.807) is 16.7 Å². The van der Waals surface area contributed by atoms with E-state index in [1.807, 2.05) is 0 Å². The minimum absolute atomic E-state index is 0.365. The van der Waals surface area contributed by atoms with Crippen LogP contribution < -0.4 is 4.74 Å². The van der Waals surface area contributed by atoms with Crippen LogP contribution in [0.5, 0.6) is 5.88 Å². The van der Waals surface area contributed by atoms with Crippen LogP contribution >= 0.6 is 47.0 Å². The van der Waals surface area contributed by atoms with Gasteiger partial charge in [-0.05, 0) is 24.4 Å². The van der Waals surface area contributed by atoms with Gasteiger partial charge in [-0.1, -0.05) is 34.8 Å². The summed E-state index contributed by atoms with van der Waals surface area (Å²) < 4.78 is 7.23. The van der Waals surface area contributed by atoms with Crippen LogP contribution in [-0.2, 0) is 0 Å². The van der Waals surface area contributed by atoms with E-state index >= 15 is 0 Å². The number of halogens is 3. The van der Waals surface area contributed by atoms with Gasteiger partial charge in [0.05, 0.1) is 27.9 Å². The van der Waals surface area contributed by atoms with Crippen LogP contribution in [0.1, 0.15) is 0 Å². The number of nitrogens with one attached hydrogen (secondary N) is 1. The Hall–Kier alpha value is -1.34. The van der Waals surface area contributed by atoms with Crippen LogP contribution in [0.15, 0.2) is 18.5 Å². The molecule has 3 rings (SSSR count). The van der Waals surface area contributed by atoms with E-state index < -0.39 is 0 Å². The fourth-order valence-electron chi connectivity index (χ4n) is 1.96. The second-order valence-electron chi connectivity index (χ2n) is 4.06. The van der Waals surface area contributed by atoms with Crippen molar-refractivity contribution in [3.63, 3.8) is 0 Å². The molecule has 0 aliphatic rings. The number of nitrogens with zero attached hydrogens (tertiary/aromatic N) is 3. The highest BCUT2D eigenvalue weighted by atomic mass is 35.5. The van der Waals surface area contributed by atoms with E-state index in [2.05, 4.69) is 15.0 Å². The van der Waals surface area contributed by atoms with Crippen molar-refractivity contribution in [2.75, 3.05) is 7.11 Å². The number of hydrogen-bond donors (Lipinski definition) is 1. The number of H-pyrrole nitrogens is 1. The molecule has 0 aliphatic heterocycles. The fourth-order valence-corrected chi connectivity index (χ4v) is 2.87. The Labute approximate surface area is 139 Å². The zero-order valence-corrected chi connectivity index (χ0v) is 13.6. The Morgan fingerprint density at radius 2 is 1.86 bits per heavy atom. The first-order chi connectivity index (χ1) is 10.0. The monoisotopic (exact) mass is 360 g/mol. The molecule has 21 heavy (non-hydrogen) atoms. The zero-order chi connectivity index (χ0) is 15.1. The molecule has 5 nitrogen and oxygen atoms in total. The van der Waals surface area contributed by atoms with E-state index in [1.165, 1.54) is 13.4 Å². The molecule has 0 radical (unpaired) electrons. The number of methoxy groups -OCH3 is 1. The lowest BCUT2D eigenvalue weighted by molar-refractivity contribution is 0.401. The second-order valence-corrected chi connectivity index (χ2v) is 5.67. The van der Waals surface area contributed by atoms with Crippen molar-refractivity contribution in [3.8, 4) is 11.6 Å². The van der Waals surface area contributed by atoms with Gasteiger partial charge in [0, 0.05) is 0 Å². The highest BCUT2D eigenvalue weighted by molar-refractivity contribution is 7.71. The highest BCUT2D eigenvalue weighted by Gasteiger charge is 2.16. The summed E-state index contributed by atoms with van der Waals surface area (Å²) >= 11 is 23.6. The van der Waals surface area contributed by atoms with E-state index in [0.717, 1.165) is 0 Å². The van der Waals surface area contributed by atoms with Crippen molar-refractivity contribution in [1.29, 1.82) is 0 Å². The molecule has 0 unspecified atom stereocenters. The molecule has 108 valence electrons. The molecule has 0 saturated heterocycles. The number of hydrogen-bond acceptors (Lipinski definition) is 4. The minimum atomic E-state index is 0.365. The predicted octanol–water partition coefficient (Wildman–Crippen LogP) is 4.45. The molecule has 0 aliphatic carbocycles. The molecular formula is C12H7Cl3N4OS. The summed E-state index contributed by atoms with van der Waals surface area (Å²) in [7, 11) is 1.52. The Bertz CT molecular complexity index is 905. The summed E-state index contributed by atoms with van der Waals surface area (Å²) in [6.07, 6.45) is 1.38. The maximum atomic E-state index is 6.24. The lowest BCUT2D eigenvalue weighted by Crippen LogP contribution is -1.98. The summed E-state index contributed by atoms with van der Waals surface area (Å²) in [5, 5.41) is 1.14. The lowest BCUT2D eigenvalue weighted by Gasteiger charge is -2.08. The van der Waals surface area contributed by atoms with Gasteiger partial charge in [-0.25, -0.2) is 4.98 Å². The van der Waals surface area contributed by atoms with Gasteiger partial charge in [0.2, 0.25) is 5.88 Å². The van der Waals surface area contributed by atoms with Crippen LogP contribution in [0.25, 0.3) is 16.9 Å². The molecule has 2 heterocycles. The number of imidazole rings is 1. The molecular weight excluding hydrogens is 355 g/mol. The molecule has 0 spiro atoms. The summed E-state index contributed by atoms with van der Waals surface area (Å²) in [6.45, 7) is 0. The molecule has 1 aromatic carbocycles. The quantitative estimate of drug-likeness (QED) is 0.541. The number of fused-ring (bicyclic) bond motifs is 1. The van der Waals surface area contributed by atoms with E-state index in [9.17, 15) is 0 Å². The third kappa shape index (κ3) is 2.38. The van der Waals surface area contributed by atoms with Crippen LogP contribution in [0.4, 0.5) is 0 Å². The van der Waals surface area contributed by atoms with E-state index in [-0.39, 0.29) is 0 Å². The molecule has 0 bridgehead atoms. The number of benzene rings is 1. The number of aromatic nitrogens is 4. The Balaban J connectivity index is 2.39. The zero-order valence-electron chi connectivity index (χ0n) is 10.5. The first kappa shape index (κ1) is 14.6. The lowest BCUT2D eigenvalue weighted by atomic mass is 10.3. The Morgan fingerprint density at radius 1 is 1.14 bits per heavy atom. The van der Waals surface area contributed by atoms with Crippen molar-refractivity contribution in [2.45, 2.75) is 0 Å². The van der Waals surface area contributed by atoms with Crippen molar-refractivity contribution in [2.24, 2.45) is 0 Å². The van der Waals surface area contributed by atoms with Gasteiger partial charge < -0.3 is 9.72 Å². The SMILES string of the molecule is COc1ncnc2c1[nH]c(=S)n2-c1cc(Cl)c(Cl)cc1Cl. The smallest absolute Gasteiger partial charge is 0.242 e. The minimum Gasteiger partial charge on any atom is -0.479 e. The van der Waals surface area contributed by atoms with Gasteiger partial charge >= 0.3 is 0 Å². The van der Waals surface area contributed by atoms with Crippen LogP contribution in [0.3, 0.4) is 0 Å². The first-order valence-electron chi connectivity index (χ1n) is 5.67. The van der Waals surface area contributed by atoms with Crippen LogP contribution in [-0.4, -0.2) is 26.6 Å². The van der Waals surface area contributed by atoms with Gasteiger partial charge in [-0.15, -0.1) is 0 Å². The van der Waals surface area contributed by atoms with Gasteiger partial charge in [0.25, 0.3) is 0 Å². The maximum Gasteiger partial charge on any atom is 0.242 e. The van der Waals surface area contributed by atoms with Crippen molar-refractivity contribution < 1.29 is 4.74 Å². The molecule has 2 aromatic heterocycles. The highest BCUT2D eigenvalue weighted by Crippen LogP contribution is 2.33.